The Labute approximate surface area is 119 Å². The first-order valence-electron chi connectivity index (χ1n) is 6.64. The van der Waals surface area contributed by atoms with Crippen molar-refractivity contribution in [2.75, 3.05) is 0 Å². The van der Waals surface area contributed by atoms with Crippen LogP contribution < -0.4 is 15.8 Å². The summed E-state index contributed by atoms with van der Waals surface area (Å²) in [5.74, 6) is -0.362. The average Bonchev–Trinajstić information content (AvgIpc) is 2.26. The van der Waals surface area contributed by atoms with Crippen LogP contribution in [0.15, 0.2) is 18.2 Å². The van der Waals surface area contributed by atoms with E-state index >= 15 is 0 Å². The Bertz CT molecular complexity index is 481. The lowest BCUT2D eigenvalue weighted by Crippen LogP contribution is -2.46. The Morgan fingerprint density at radius 1 is 1.35 bits per heavy atom. The van der Waals surface area contributed by atoms with Crippen LogP contribution in [-0.2, 0) is 4.79 Å². The first kappa shape index (κ1) is 16.4. The van der Waals surface area contributed by atoms with Crippen molar-refractivity contribution >= 4 is 5.91 Å². The van der Waals surface area contributed by atoms with Gasteiger partial charge in [0, 0.05) is 23.2 Å². The van der Waals surface area contributed by atoms with Crippen molar-refractivity contribution in [3.8, 4) is 5.75 Å². The zero-order valence-corrected chi connectivity index (χ0v) is 12.7. The molecule has 3 N–H and O–H groups in total. The van der Waals surface area contributed by atoms with Crippen LogP contribution in [0, 0.1) is 5.82 Å². The van der Waals surface area contributed by atoms with E-state index in [9.17, 15) is 9.18 Å². The quantitative estimate of drug-likeness (QED) is 0.892. The Balaban J connectivity index is 2.74. The van der Waals surface area contributed by atoms with Gasteiger partial charge in [0.25, 0.3) is 5.91 Å². The summed E-state index contributed by atoms with van der Waals surface area (Å²) in [5, 5.41) is 2.81. The highest BCUT2D eigenvalue weighted by Gasteiger charge is 2.21. The van der Waals surface area contributed by atoms with Gasteiger partial charge < -0.3 is 15.8 Å². The number of nitrogens with two attached hydrogens (primary N) is 1. The molecule has 5 heteroatoms. The Hall–Kier alpha value is -1.62. The Morgan fingerprint density at radius 2 is 1.95 bits per heavy atom. The van der Waals surface area contributed by atoms with Gasteiger partial charge in [-0.15, -0.1) is 0 Å². The second-order valence-corrected chi connectivity index (χ2v) is 5.97. The highest BCUT2D eigenvalue weighted by molar-refractivity contribution is 5.81. The fraction of sp³-hybridized carbons (Fsp3) is 0.533. The molecule has 0 spiro atoms. The second-order valence-electron chi connectivity index (χ2n) is 5.97. The smallest absolute Gasteiger partial charge is 0.261 e. The summed E-state index contributed by atoms with van der Waals surface area (Å²) in [6.07, 6.45) is -0.699. The largest absolute Gasteiger partial charge is 0.481 e. The molecule has 1 amide bonds. The monoisotopic (exact) mass is 282 g/mol. The number of carbonyl (C=O) groups is 1. The number of benzene rings is 1. The maximum absolute atomic E-state index is 13.8. The van der Waals surface area contributed by atoms with Crippen LogP contribution >= 0.6 is 0 Å². The molecule has 0 fully saturated rings. The number of ether oxygens (including phenoxy) is 1. The summed E-state index contributed by atoms with van der Waals surface area (Å²) < 4.78 is 19.2. The van der Waals surface area contributed by atoms with Crippen LogP contribution in [0.25, 0.3) is 0 Å². The van der Waals surface area contributed by atoms with Gasteiger partial charge in [0.05, 0.1) is 0 Å². The lowest BCUT2D eigenvalue weighted by Gasteiger charge is -2.23. The van der Waals surface area contributed by atoms with Gasteiger partial charge >= 0.3 is 0 Å². The summed E-state index contributed by atoms with van der Waals surface area (Å²) in [5.41, 5.74) is 5.72. The minimum atomic E-state index is -0.699. The molecule has 0 aliphatic heterocycles. The van der Waals surface area contributed by atoms with Crippen LogP contribution in [0.2, 0.25) is 0 Å². The molecule has 112 valence electrons. The molecule has 2 atom stereocenters. The molecule has 1 aromatic rings. The molecule has 1 aromatic carbocycles. The number of carbonyl (C=O) groups excluding carboxylic acids is 1. The molecule has 0 aliphatic rings. The first-order valence-corrected chi connectivity index (χ1v) is 6.64. The third-order valence-corrected chi connectivity index (χ3v) is 2.64. The SMILES string of the molecule is CC(Oc1ccc([C@@H](C)N)c(F)c1)C(=O)NC(C)(C)C. The van der Waals surface area contributed by atoms with Crippen LogP contribution in [0.3, 0.4) is 0 Å². The van der Waals surface area contributed by atoms with Crippen molar-refractivity contribution in [2.24, 2.45) is 5.73 Å². The average molecular weight is 282 g/mol. The number of rotatable bonds is 4. The molecule has 0 bridgehead atoms. The molecule has 1 unspecified atom stereocenters. The van der Waals surface area contributed by atoms with Gasteiger partial charge in [-0.3, -0.25) is 4.79 Å². The van der Waals surface area contributed by atoms with E-state index in [1.165, 1.54) is 6.07 Å². The lowest BCUT2D eigenvalue weighted by atomic mass is 10.1. The van der Waals surface area contributed by atoms with E-state index < -0.39 is 11.9 Å². The predicted molar refractivity (Wildman–Crippen MR) is 77.0 cm³/mol. The molecule has 0 saturated carbocycles. The van der Waals surface area contributed by atoms with Crippen molar-refractivity contribution in [1.82, 2.24) is 5.32 Å². The summed E-state index contributed by atoms with van der Waals surface area (Å²) in [4.78, 5) is 11.9. The van der Waals surface area contributed by atoms with E-state index in [1.54, 1.807) is 26.0 Å². The van der Waals surface area contributed by atoms with Crippen LogP contribution in [-0.4, -0.2) is 17.6 Å². The van der Waals surface area contributed by atoms with E-state index in [4.69, 9.17) is 10.5 Å². The lowest BCUT2D eigenvalue weighted by molar-refractivity contribution is -0.128. The van der Waals surface area contributed by atoms with Crippen LogP contribution in [0.4, 0.5) is 4.39 Å². The molecule has 1 rings (SSSR count). The Morgan fingerprint density at radius 3 is 2.40 bits per heavy atom. The summed E-state index contributed by atoms with van der Waals surface area (Å²) >= 11 is 0. The zero-order chi connectivity index (χ0) is 15.5. The summed E-state index contributed by atoms with van der Waals surface area (Å²) in [6, 6.07) is 4.05. The normalized spacial score (nSPS) is 14.6. The number of halogens is 1. The number of nitrogens with one attached hydrogen (secondary N) is 1. The maximum Gasteiger partial charge on any atom is 0.261 e. The van der Waals surface area contributed by atoms with E-state index in [2.05, 4.69) is 5.32 Å². The van der Waals surface area contributed by atoms with Crippen molar-refractivity contribution < 1.29 is 13.9 Å². The second kappa shape index (κ2) is 6.22. The predicted octanol–water partition coefficient (Wildman–Crippen LogP) is 2.53. The molecule has 0 radical (unpaired) electrons. The van der Waals surface area contributed by atoms with E-state index in [0.717, 1.165) is 0 Å². The molecular weight excluding hydrogens is 259 g/mol. The molecule has 0 aromatic heterocycles. The molecular formula is C15H23FN2O2. The molecule has 0 saturated heterocycles. The van der Waals surface area contributed by atoms with Crippen LogP contribution in [0.1, 0.15) is 46.2 Å². The summed E-state index contributed by atoms with van der Waals surface area (Å²) in [6.45, 7) is 8.98. The van der Waals surface area contributed by atoms with Crippen LogP contribution in [0.5, 0.6) is 5.75 Å². The van der Waals surface area contributed by atoms with E-state index in [0.29, 0.717) is 11.3 Å². The number of amides is 1. The standard InChI is InChI=1S/C15H23FN2O2/c1-9(17)12-7-6-11(8-13(12)16)20-10(2)14(19)18-15(3,4)5/h6-10H,17H2,1-5H3,(H,18,19)/t9-,10?/m1/s1. The third-order valence-electron chi connectivity index (χ3n) is 2.64. The maximum atomic E-state index is 13.8. The highest BCUT2D eigenvalue weighted by atomic mass is 19.1. The highest BCUT2D eigenvalue weighted by Crippen LogP contribution is 2.21. The molecule has 0 aliphatic carbocycles. The van der Waals surface area contributed by atoms with Crippen molar-refractivity contribution in [3.05, 3.63) is 29.6 Å². The fourth-order valence-corrected chi connectivity index (χ4v) is 1.68. The minimum absolute atomic E-state index is 0.242. The van der Waals surface area contributed by atoms with Gasteiger partial charge in [0.2, 0.25) is 0 Å². The third kappa shape index (κ3) is 4.81. The molecule has 4 nitrogen and oxygen atoms in total. The minimum Gasteiger partial charge on any atom is -0.481 e. The van der Waals surface area contributed by atoms with Crippen molar-refractivity contribution in [2.45, 2.75) is 52.3 Å². The van der Waals surface area contributed by atoms with Crippen molar-refractivity contribution in [1.29, 1.82) is 0 Å². The summed E-state index contributed by atoms with van der Waals surface area (Å²) in [7, 11) is 0. The van der Waals surface area contributed by atoms with E-state index in [-0.39, 0.29) is 17.5 Å². The zero-order valence-electron chi connectivity index (χ0n) is 12.7. The van der Waals surface area contributed by atoms with Gasteiger partial charge in [-0.1, -0.05) is 6.07 Å². The Kier molecular flexibility index (Phi) is 5.11. The van der Waals surface area contributed by atoms with Gasteiger partial charge in [-0.2, -0.15) is 0 Å². The molecule has 0 heterocycles. The van der Waals surface area contributed by atoms with E-state index in [1.807, 2.05) is 20.8 Å². The van der Waals surface area contributed by atoms with Gasteiger partial charge in [0.1, 0.15) is 11.6 Å². The number of hydrogen-bond donors (Lipinski definition) is 2. The number of hydrogen-bond acceptors (Lipinski definition) is 3. The van der Waals surface area contributed by atoms with Gasteiger partial charge in [0.15, 0.2) is 6.10 Å². The topological polar surface area (TPSA) is 64.3 Å². The first-order chi connectivity index (χ1) is 9.10. The molecule has 20 heavy (non-hydrogen) atoms. The van der Waals surface area contributed by atoms with Gasteiger partial charge in [-0.05, 0) is 40.7 Å². The van der Waals surface area contributed by atoms with Gasteiger partial charge in [-0.25, -0.2) is 4.39 Å². The fourth-order valence-electron chi connectivity index (χ4n) is 1.68. The van der Waals surface area contributed by atoms with Crippen molar-refractivity contribution in [3.63, 3.8) is 0 Å².